The zero-order chi connectivity index (χ0) is 24.4. The number of piperidine rings is 1. The van der Waals surface area contributed by atoms with E-state index in [0.717, 1.165) is 25.1 Å². The van der Waals surface area contributed by atoms with Gasteiger partial charge in [-0.2, -0.15) is 9.67 Å². The summed E-state index contributed by atoms with van der Waals surface area (Å²) < 4.78 is 16.2. The minimum absolute atomic E-state index is 0.0364. The van der Waals surface area contributed by atoms with Gasteiger partial charge in [-0.15, -0.1) is 5.10 Å². The van der Waals surface area contributed by atoms with Crippen molar-refractivity contribution in [3.8, 4) is 5.69 Å². The number of aliphatic hydroxyl groups excluding tert-OH is 1. The Kier molecular flexibility index (Phi) is 6.85. The summed E-state index contributed by atoms with van der Waals surface area (Å²) in [4.78, 5) is 11.2. The number of hydrogen-bond acceptors (Lipinski definition) is 10. The molecule has 0 aliphatic carbocycles. The second-order valence-electron chi connectivity index (χ2n) is 9.59. The summed E-state index contributed by atoms with van der Waals surface area (Å²) in [7, 11) is 0. The lowest BCUT2D eigenvalue weighted by atomic mass is 9.84. The van der Waals surface area contributed by atoms with Gasteiger partial charge in [0.15, 0.2) is 11.6 Å². The van der Waals surface area contributed by atoms with Crippen LogP contribution in [0, 0.1) is 5.82 Å². The number of benzene rings is 1. The second-order valence-corrected chi connectivity index (χ2v) is 10.7. The van der Waals surface area contributed by atoms with Crippen LogP contribution in [0.25, 0.3) is 5.69 Å². The molecular formula is C23H30FN9OS. The lowest BCUT2D eigenvalue weighted by molar-refractivity contribution is 0.0500. The highest BCUT2D eigenvalue weighted by molar-refractivity contribution is 7.99. The average Bonchev–Trinajstić information content (AvgIpc) is 3.50. The molecule has 0 saturated carbocycles. The maximum atomic E-state index is 14.6. The van der Waals surface area contributed by atoms with Gasteiger partial charge in [-0.1, -0.05) is 17.8 Å². The molecule has 10 nitrogen and oxygen atoms in total. The van der Waals surface area contributed by atoms with Crippen molar-refractivity contribution in [2.45, 2.75) is 62.3 Å². The minimum atomic E-state index is -0.463. The fourth-order valence-electron chi connectivity index (χ4n) is 5.25. The summed E-state index contributed by atoms with van der Waals surface area (Å²) in [6.07, 6.45) is 5.53. The molecule has 5 rings (SSSR count). The molecule has 2 aliphatic rings. The molecule has 4 heterocycles. The van der Waals surface area contributed by atoms with Crippen LogP contribution in [0.1, 0.15) is 39.5 Å². The summed E-state index contributed by atoms with van der Waals surface area (Å²) in [5.74, 6) is 0.550. The molecule has 0 radical (unpaired) electrons. The Morgan fingerprint density at radius 3 is 3.06 bits per heavy atom. The Morgan fingerprint density at radius 1 is 1.31 bits per heavy atom. The number of nitrogens with one attached hydrogen (secondary N) is 2. The van der Waals surface area contributed by atoms with E-state index in [4.69, 9.17) is 5.11 Å². The Labute approximate surface area is 207 Å². The third kappa shape index (κ3) is 5.24. The van der Waals surface area contributed by atoms with Crippen molar-refractivity contribution in [1.29, 1.82) is 0 Å². The fraction of sp³-hybridized carbons (Fsp3) is 0.522. The predicted octanol–water partition coefficient (Wildman–Crippen LogP) is 3.24. The van der Waals surface area contributed by atoms with Gasteiger partial charge in [-0.3, -0.25) is 4.90 Å². The number of hydrogen-bond donors (Lipinski definition) is 3. The van der Waals surface area contributed by atoms with Gasteiger partial charge in [-0.25, -0.2) is 9.37 Å². The smallest absolute Gasteiger partial charge is 0.229 e. The van der Waals surface area contributed by atoms with Crippen LogP contribution in [-0.2, 0) is 0 Å². The number of halogens is 1. The van der Waals surface area contributed by atoms with E-state index in [1.54, 1.807) is 4.68 Å². The van der Waals surface area contributed by atoms with Crippen molar-refractivity contribution in [3.05, 3.63) is 36.3 Å². The van der Waals surface area contributed by atoms with E-state index in [-0.39, 0.29) is 24.0 Å². The Morgan fingerprint density at radius 2 is 2.20 bits per heavy atom. The zero-order valence-electron chi connectivity index (χ0n) is 19.9. The summed E-state index contributed by atoms with van der Waals surface area (Å²) >= 11 is 1.36. The third-order valence-electron chi connectivity index (χ3n) is 6.65. The van der Waals surface area contributed by atoms with Crippen molar-refractivity contribution < 1.29 is 9.50 Å². The molecule has 2 fully saturated rings. The molecule has 2 aliphatic heterocycles. The van der Waals surface area contributed by atoms with Crippen LogP contribution < -0.4 is 10.6 Å². The van der Waals surface area contributed by atoms with Crippen LogP contribution in [0.2, 0.25) is 0 Å². The first-order chi connectivity index (χ1) is 16.9. The van der Waals surface area contributed by atoms with Crippen LogP contribution >= 0.6 is 11.8 Å². The van der Waals surface area contributed by atoms with E-state index in [1.807, 2.05) is 24.3 Å². The molecule has 0 spiro atoms. The molecule has 0 amide bonds. The van der Waals surface area contributed by atoms with Crippen LogP contribution in [-0.4, -0.2) is 76.7 Å². The zero-order valence-corrected chi connectivity index (χ0v) is 20.7. The summed E-state index contributed by atoms with van der Waals surface area (Å²) in [5, 5.41) is 28.0. The highest BCUT2D eigenvalue weighted by Crippen LogP contribution is 2.38. The van der Waals surface area contributed by atoms with Crippen molar-refractivity contribution in [1.82, 2.24) is 35.1 Å². The van der Waals surface area contributed by atoms with Gasteiger partial charge in [0.05, 0.1) is 18.5 Å². The van der Waals surface area contributed by atoms with E-state index in [2.05, 4.69) is 54.9 Å². The Bertz CT molecular complexity index is 1170. The number of aliphatic hydroxyl groups is 1. The summed E-state index contributed by atoms with van der Waals surface area (Å²) in [6, 6.07) is 8.15. The number of anilines is 3. The first-order valence-electron chi connectivity index (χ1n) is 11.9. The molecule has 12 heteroatoms. The molecule has 2 saturated heterocycles. The fourth-order valence-corrected chi connectivity index (χ4v) is 5.89. The first-order valence-corrected chi connectivity index (χ1v) is 12.9. The van der Waals surface area contributed by atoms with E-state index in [1.165, 1.54) is 30.8 Å². The average molecular weight is 500 g/mol. The van der Waals surface area contributed by atoms with Crippen LogP contribution in [0.5, 0.6) is 0 Å². The number of aromatic nitrogens is 6. The lowest BCUT2D eigenvalue weighted by Crippen LogP contribution is -2.55. The van der Waals surface area contributed by atoms with Gasteiger partial charge in [0.25, 0.3) is 0 Å². The molecular weight excluding hydrogens is 469 g/mol. The van der Waals surface area contributed by atoms with Gasteiger partial charge in [0.2, 0.25) is 11.1 Å². The summed E-state index contributed by atoms with van der Waals surface area (Å²) in [6.45, 7) is 5.72. The van der Waals surface area contributed by atoms with Crippen molar-refractivity contribution in [3.63, 3.8) is 0 Å². The van der Waals surface area contributed by atoms with E-state index >= 15 is 0 Å². The molecule has 0 bridgehead atoms. The molecule has 0 unspecified atom stereocenters. The molecule has 1 aromatic carbocycles. The van der Waals surface area contributed by atoms with Crippen molar-refractivity contribution >= 4 is 29.2 Å². The highest BCUT2D eigenvalue weighted by Gasteiger charge is 2.43. The van der Waals surface area contributed by atoms with Gasteiger partial charge < -0.3 is 15.7 Å². The third-order valence-corrected chi connectivity index (χ3v) is 7.55. The maximum Gasteiger partial charge on any atom is 0.229 e. The van der Waals surface area contributed by atoms with Gasteiger partial charge in [0, 0.05) is 29.1 Å². The number of rotatable bonds is 8. The highest BCUT2D eigenvalue weighted by atomic mass is 32.2. The molecule has 2 atom stereocenters. The second kappa shape index (κ2) is 10.0. The minimum Gasteiger partial charge on any atom is -0.396 e. The van der Waals surface area contributed by atoms with E-state index < -0.39 is 5.82 Å². The molecule has 35 heavy (non-hydrogen) atoms. The van der Waals surface area contributed by atoms with Gasteiger partial charge in [-0.05, 0) is 74.7 Å². The maximum absolute atomic E-state index is 14.6. The van der Waals surface area contributed by atoms with Gasteiger partial charge in [0.1, 0.15) is 0 Å². The van der Waals surface area contributed by atoms with Crippen LogP contribution in [0.15, 0.2) is 35.6 Å². The SMILES string of the molecule is CC1(C)C[C@H](Nc2nc(Nc3cccc(-n4nnnc4SCCO)c3)ncc2F)C[C@@H]2CCCN21. The quantitative estimate of drug-likeness (QED) is 0.399. The summed E-state index contributed by atoms with van der Waals surface area (Å²) in [5.41, 5.74) is 1.53. The molecule has 186 valence electrons. The van der Waals surface area contributed by atoms with Crippen LogP contribution in [0.3, 0.4) is 0 Å². The standard InChI is InChI=1S/C23H30FN9OS/c1-23(2)13-16(12-17-7-4-8-32(17)23)26-20-19(24)14-25-21(28-20)27-15-5-3-6-18(11-15)33-22(29-30-31-33)35-10-9-34/h3,5-6,11,14,16-17,34H,4,7-10,12-13H2,1-2H3,(H2,25,26,27,28)/t16-,17+/m1/s1. The lowest BCUT2D eigenvalue weighted by Gasteiger charge is -2.47. The topological polar surface area (TPSA) is 117 Å². The predicted molar refractivity (Wildman–Crippen MR) is 133 cm³/mol. The Balaban J connectivity index is 1.31. The first kappa shape index (κ1) is 23.9. The molecule has 3 N–H and O–H groups in total. The van der Waals surface area contributed by atoms with E-state index in [0.29, 0.717) is 28.6 Å². The monoisotopic (exact) mass is 499 g/mol. The van der Waals surface area contributed by atoms with Crippen LogP contribution in [0.4, 0.5) is 21.8 Å². The number of fused-ring (bicyclic) bond motifs is 1. The molecule has 2 aromatic heterocycles. The largest absolute Gasteiger partial charge is 0.396 e. The normalized spacial score (nSPS) is 21.6. The Hall–Kier alpha value is -2.83. The molecule has 3 aromatic rings. The van der Waals surface area contributed by atoms with Gasteiger partial charge >= 0.3 is 0 Å². The van der Waals surface area contributed by atoms with Crippen molar-refractivity contribution in [2.75, 3.05) is 29.5 Å². The number of thioether (sulfide) groups is 1. The number of tetrazole rings is 1. The van der Waals surface area contributed by atoms with E-state index in [9.17, 15) is 4.39 Å². The number of nitrogens with zero attached hydrogens (tertiary/aromatic N) is 7. The van der Waals surface area contributed by atoms with Crippen molar-refractivity contribution in [2.24, 2.45) is 0 Å².